The van der Waals surface area contributed by atoms with Crippen molar-refractivity contribution in [2.24, 2.45) is 0 Å². The van der Waals surface area contributed by atoms with Gasteiger partial charge in [0.2, 0.25) is 5.91 Å². The van der Waals surface area contributed by atoms with Crippen LogP contribution < -0.4 is 20.1 Å². The van der Waals surface area contributed by atoms with Crippen LogP contribution in [0.4, 0.5) is 11.4 Å². The Kier molecular flexibility index (Phi) is 8.05. The highest BCUT2D eigenvalue weighted by molar-refractivity contribution is 6.04. The summed E-state index contributed by atoms with van der Waals surface area (Å²) in [6.07, 6.45) is 1.24. The van der Waals surface area contributed by atoms with Crippen molar-refractivity contribution in [2.45, 2.75) is 19.8 Å². The van der Waals surface area contributed by atoms with Crippen LogP contribution in [0.5, 0.6) is 11.5 Å². The zero-order chi connectivity index (χ0) is 21.9. The first-order valence-corrected chi connectivity index (χ1v) is 10.3. The normalized spacial score (nSPS) is 10.2. The topological polar surface area (TPSA) is 76.7 Å². The fourth-order valence-electron chi connectivity index (χ4n) is 2.87. The van der Waals surface area contributed by atoms with Gasteiger partial charge in [0.25, 0.3) is 5.91 Å². The SMILES string of the molecule is CCCC(=O)Nc1cccc(NC(=O)c2ccc(OCCOc3ccccc3)cc2)c1. The van der Waals surface area contributed by atoms with Gasteiger partial charge in [-0.1, -0.05) is 31.2 Å². The highest BCUT2D eigenvalue weighted by Crippen LogP contribution is 2.18. The number of amides is 2. The lowest BCUT2D eigenvalue weighted by molar-refractivity contribution is -0.116. The lowest BCUT2D eigenvalue weighted by Crippen LogP contribution is -2.13. The molecule has 0 aliphatic rings. The number of carbonyl (C=O) groups excluding carboxylic acids is 2. The summed E-state index contributed by atoms with van der Waals surface area (Å²) in [4.78, 5) is 24.3. The van der Waals surface area contributed by atoms with Crippen molar-refractivity contribution in [1.29, 1.82) is 0 Å². The summed E-state index contributed by atoms with van der Waals surface area (Å²) in [6, 6.07) is 23.5. The van der Waals surface area contributed by atoms with E-state index in [0.717, 1.165) is 12.2 Å². The first-order valence-electron chi connectivity index (χ1n) is 10.3. The molecule has 6 heteroatoms. The molecule has 3 aromatic rings. The summed E-state index contributed by atoms with van der Waals surface area (Å²) < 4.78 is 11.2. The Hall–Kier alpha value is -3.80. The van der Waals surface area contributed by atoms with Gasteiger partial charge in [-0.3, -0.25) is 9.59 Å². The lowest BCUT2D eigenvalue weighted by atomic mass is 10.2. The molecule has 2 N–H and O–H groups in total. The molecule has 0 radical (unpaired) electrons. The lowest BCUT2D eigenvalue weighted by Gasteiger charge is -2.10. The molecular formula is C25H26N2O4. The molecule has 0 aliphatic carbocycles. The van der Waals surface area contributed by atoms with Gasteiger partial charge in [-0.25, -0.2) is 0 Å². The van der Waals surface area contributed by atoms with Crippen LogP contribution in [0.2, 0.25) is 0 Å². The first-order chi connectivity index (χ1) is 15.1. The second-order valence-electron chi connectivity index (χ2n) is 6.87. The molecule has 0 saturated carbocycles. The van der Waals surface area contributed by atoms with Crippen molar-refractivity contribution in [3.8, 4) is 11.5 Å². The number of benzene rings is 3. The van der Waals surface area contributed by atoms with Gasteiger partial charge in [-0.2, -0.15) is 0 Å². The number of hydrogen-bond acceptors (Lipinski definition) is 4. The molecule has 3 rings (SSSR count). The summed E-state index contributed by atoms with van der Waals surface area (Å²) in [7, 11) is 0. The summed E-state index contributed by atoms with van der Waals surface area (Å²) in [5.41, 5.74) is 1.77. The monoisotopic (exact) mass is 418 g/mol. The van der Waals surface area contributed by atoms with Crippen molar-refractivity contribution in [3.05, 3.63) is 84.4 Å². The number of hydrogen-bond donors (Lipinski definition) is 2. The fraction of sp³-hybridized carbons (Fsp3) is 0.200. The van der Waals surface area contributed by atoms with Crippen LogP contribution in [-0.4, -0.2) is 25.0 Å². The predicted octanol–water partition coefficient (Wildman–Crippen LogP) is 5.14. The van der Waals surface area contributed by atoms with Crippen molar-refractivity contribution < 1.29 is 19.1 Å². The molecule has 0 aromatic heterocycles. The smallest absolute Gasteiger partial charge is 0.255 e. The Morgan fingerprint density at radius 3 is 2.00 bits per heavy atom. The molecule has 0 heterocycles. The molecule has 0 aliphatic heterocycles. The van der Waals surface area contributed by atoms with Gasteiger partial charge in [0.15, 0.2) is 0 Å². The van der Waals surface area contributed by atoms with Crippen molar-refractivity contribution in [2.75, 3.05) is 23.8 Å². The molecule has 31 heavy (non-hydrogen) atoms. The number of ether oxygens (including phenoxy) is 2. The van der Waals surface area contributed by atoms with Gasteiger partial charge in [0.05, 0.1) is 0 Å². The van der Waals surface area contributed by atoms with Crippen molar-refractivity contribution in [3.63, 3.8) is 0 Å². The van der Waals surface area contributed by atoms with Crippen LogP contribution >= 0.6 is 0 Å². The zero-order valence-electron chi connectivity index (χ0n) is 17.5. The fourth-order valence-corrected chi connectivity index (χ4v) is 2.87. The second-order valence-corrected chi connectivity index (χ2v) is 6.87. The predicted molar refractivity (Wildman–Crippen MR) is 122 cm³/mol. The highest BCUT2D eigenvalue weighted by atomic mass is 16.5. The van der Waals surface area contributed by atoms with Gasteiger partial charge < -0.3 is 20.1 Å². The van der Waals surface area contributed by atoms with Crippen LogP contribution in [-0.2, 0) is 4.79 Å². The molecule has 3 aromatic carbocycles. The molecule has 2 amide bonds. The van der Waals surface area contributed by atoms with E-state index in [9.17, 15) is 9.59 Å². The number of para-hydroxylation sites is 1. The average Bonchev–Trinajstić information content (AvgIpc) is 2.78. The number of nitrogens with one attached hydrogen (secondary N) is 2. The standard InChI is InChI=1S/C25H26N2O4/c1-2-7-24(28)26-20-8-6-9-21(18-20)27-25(29)19-12-14-23(15-13-19)31-17-16-30-22-10-4-3-5-11-22/h3-6,8-15,18H,2,7,16-17H2,1H3,(H,26,28)(H,27,29). The minimum Gasteiger partial charge on any atom is -0.490 e. The highest BCUT2D eigenvalue weighted by Gasteiger charge is 2.08. The van der Waals surface area contributed by atoms with E-state index in [-0.39, 0.29) is 11.8 Å². The Labute approximate surface area is 182 Å². The van der Waals surface area contributed by atoms with Crippen molar-refractivity contribution in [1.82, 2.24) is 0 Å². The average molecular weight is 418 g/mol. The Balaban J connectivity index is 1.48. The van der Waals surface area contributed by atoms with E-state index in [0.29, 0.717) is 42.3 Å². The first kappa shape index (κ1) is 21.9. The molecule has 6 nitrogen and oxygen atoms in total. The second kappa shape index (κ2) is 11.4. The molecular weight excluding hydrogens is 392 g/mol. The van der Waals surface area contributed by atoms with Gasteiger partial charge in [0, 0.05) is 23.4 Å². The van der Waals surface area contributed by atoms with E-state index in [2.05, 4.69) is 10.6 Å². The molecule has 0 unspecified atom stereocenters. The minimum absolute atomic E-state index is 0.0456. The number of carbonyl (C=O) groups is 2. The van der Waals surface area contributed by atoms with Crippen LogP contribution in [0, 0.1) is 0 Å². The maximum absolute atomic E-state index is 12.5. The third kappa shape index (κ3) is 7.19. The quantitative estimate of drug-likeness (QED) is 0.447. The summed E-state index contributed by atoms with van der Waals surface area (Å²) in [5.74, 6) is 1.17. The van der Waals surface area contributed by atoms with Crippen LogP contribution in [0.15, 0.2) is 78.9 Å². The van der Waals surface area contributed by atoms with E-state index in [4.69, 9.17) is 9.47 Å². The van der Waals surface area contributed by atoms with E-state index >= 15 is 0 Å². The largest absolute Gasteiger partial charge is 0.490 e. The van der Waals surface area contributed by atoms with E-state index < -0.39 is 0 Å². The van der Waals surface area contributed by atoms with Gasteiger partial charge in [-0.15, -0.1) is 0 Å². The van der Waals surface area contributed by atoms with Crippen molar-refractivity contribution >= 4 is 23.2 Å². The van der Waals surface area contributed by atoms with E-state index in [1.54, 1.807) is 48.5 Å². The third-order valence-electron chi connectivity index (χ3n) is 4.36. The summed E-state index contributed by atoms with van der Waals surface area (Å²) >= 11 is 0. The Bertz CT molecular complexity index is 988. The van der Waals surface area contributed by atoms with Gasteiger partial charge in [-0.05, 0) is 61.0 Å². The molecule has 0 saturated heterocycles. The third-order valence-corrected chi connectivity index (χ3v) is 4.36. The Morgan fingerprint density at radius 1 is 0.742 bits per heavy atom. The molecule has 0 bridgehead atoms. The van der Waals surface area contributed by atoms with Crippen LogP contribution in [0.1, 0.15) is 30.1 Å². The zero-order valence-corrected chi connectivity index (χ0v) is 17.5. The summed E-state index contributed by atoms with van der Waals surface area (Å²) in [6.45, 7) is 2.78. The molecule has 160 valence electrons. The maximum atomic E-state index is 12.5. The van der Waals surface area contributed by atoms with E-state index in [1.807, 2.05) is 37.3 Å². The van der Waals surface area contributed by atoms with Crippen LogP contribution in [0.3, 0.4) is 0 Å². The maximum Gasteiger partial charge on any atom is 0.255 e. The Morgan fingerprint density at radius 2 is 1.35 bits per heavy atom. The summed E-state index contributed by atoms with van der Waals surface area (Å²) in [5, 5.41) is 5.66. The number of anilines is 2. The number of rotatable bonds is 10. The minimum atomic E-state index is -0.240. The van der Waals surface area contributed by atoms with Gasteiger partial charge >= 0.3 is 0 Å². The van der Waals surface area contributed by atoms with E-state index in [1.165, 1.54) is 0 Å². The molecule has 0 fully saturated rings. The van der Waals surface area contributed by atoms with Crippen LogP contribution in [0.25, 0.3) is 0 Å². The molecule has 0 atom stereocenters. The molecule has 0 spiro atoms. The van der Waals surface area contributed by atoms with Gasteiger partial charge in [0.1, 0.15) is 24.7 Å².